The van der Waals surface area contributed by atoms with Gasteiger partial charge in [-0.2, -0.15) is 0 Å². The third-order valence-corrected chi connectivity index (χ3v) is 6.37. The van der Waals surface area contributed by atoms with Crippen LogP contribution < -0.4 is 0 Å². The van der Waals surface area contributed by atoms with Gasteiger partial charge in [0.1, 0.15) is 10.8 Å². The van der Waals surface area contributed by atoms with Crippen molar-refractivity contribution in [3.8, 4) is 10.6 Å². The number of aromatic nitrogens is 2. The van der Waals surface area contributed by atoms with Crippen LogP contribution in [0.1, 0.15) is 36.9 Å². The van der Waals surface area contributed by atoms with Crippen molar-refractivity contribution in [2.75, 3.05) is 6.54 Å². The molecule has 150 valence electrons. The minimum atomic E-state index is -0.231. The zero-order valence-corrected chi connectivity index (χ0v) is 17.1. The third-order valence-electron chi connectivity index (χ3n) is 5.43. The lowest BCUT2D eigenvalue weighted by molar-refractivity contribution is -0.132. The van der Waals surface area contributed by atoms with Crippen molar-refractivity contribution < 1.29 is 9.18 Å². The molecular formula is C23H24FN3OS. The van der Waals surface area contributed by atoms with Crippen LogP contribution in [0, 0.1) is 5.82 Å². The van der Waals surface area contributed by atoms with E-state index < -0.39 is 0 Å². The standard InChI is InChI=1S/C23H24FN3OS/c24-19-9-7-17(8-10-19)11-13-27(21-5-1-2-6-21)22(28)14-20-16-29-23(26-20)18-4-3-12-25-15-18/h3-4,7-10,12,15-16,21H,1-2,5-6,11,13-14H2. The zero-order valence-electron chi connectivity index (χ0n) is 16.3. The average molecular weight is 410 g/mol. The Kier molecular flexibility index (Phi) is 6.30. The van der Waals surface area contributed by atoms with Gasteiger partial charge in [0, 0.05) is 35.9 Å². The number of benzene rings is 1. The first-order chi connectivity index (χ1) is 14.2. The van der Waals surface area contributed by atoms with Gasteiger partial charge in [-0.05, 0) is 49.1 Å². The van der Waals surface area contributed by atoms with Crippen LogP contribution in [0.4, 0.5) is 4.39 Å². The van der Waals surface area contributed by atoms with Crippen LogP contribution in [0.2, 0.25) is 0 Å². The van der Waals surface area contributed by atoms with Gasteiger partial charge in [-0.15, -0.1) is 11.3 Å². The van der Waals surface area contributed by atoms with Gasteiger partial charge in [-0.1, -0.05) is 25.0 Å². The van der Waals surface area contributed by atoms with Crippen molar-refractivity contribution in [1.29, 1.82) is 0 Å². The summed E-state index contributed by atoms with van der Waals surface area (Å²) in [5, 5.41) is 2.85. The van der Waals surface area contributed by atoms with Gasteiger partial charge < -0.3 is 4.90 Å². The smallest absolute Gasteiger partial charge is 0.228 e. The van der Waals surface area contributed by atoms with Gasteiger partial charge in [0.15, 0.2) is 0 Å². The quantitative estimate of drug-likeness (QED) is 0.558. The van der Waals surface area contributed by atoms with Crippen LogP contribution in [-0.2, 0) is 17.6 Å². The Morgan fingerprint density at radius 1 is 1.17 bits per heavy atom. The van der Waals surface area contributed by atoms with E-state index in [2.05, 4.69) is 9.97 Å². The molecule has 2 heterocycles. The fourth-order valence-electron chi connectivity index (χ4n) is 3.89. The SMILES string of the molecule is O=C(Cc1csc(-c2cccnc2)n1)N(CCc1ccc(F)cc1)C1CCCC1. The fourth-order valence-corrected chi connectivity index (χ4v) is 4.70. The monoisotopic (exact) mass is 409 g/mol. The molecule has 0 saturated heterocycles. The minimum Gasteiger partial charge on any atom is -0.339 e. The number of halogens is 1. The second-order valence-electron chi connectivity index (χ2n) is 7.46. The third kappa shape index (κ3) is 5.07. The number of hydrogen-bond donors (Lipinski definition) is 0. The summed E-state index contributed by atoms with van der Waals surface area (Å²) < 4.78 is 13.2. The Balaban J connectivity index is 1.43. The average Bonchev–Trinajstić information content (AvgIpc) is 3.43. The highest BCUT2D eigenvalue weighted by Crippen LogP contribution is 2.26. The number of carbonyl (C=O) groups excluding carboxylic acids is 1. The zero-order chi connectivity index (χ0) is 20.1. The molecule has 0 atom stereocenters. The van der Waals surface area contributed by atoms with Crippen molar-refractivity contribution in [3.05, 3.63) is 71.2 Å². The first-order valence-electron chi connectivity index (χ1n) is 10.1. The van der Waals surface area contributed by atoms with Crippen LogP contribution in [0.3, 0.4) is 0 Å². The van der Waals surface area contributed by atoms with Crippen LogP contribution >= 0.6 is 11.3 Å². The predicted molar refractivity (Wildman–Crippen MR) is 113 cm³/mol. The van der Waals surface area contributed by atoms with E-state index in [1.807, 2.05) is 22.4 Å². The maximum atomic E-state index is 13.2. The van der Waals surface area contributed by atoms with Crippen molar-refractivity contribution in [2.24, 2.45) is 0 Å². The molecule has 0 aliphatic heterocycles. The Hall–Kier alpha value is -2.60. The molecule has 1 aliphatic rings. The highest BCUT2D eigenvalue weighted by molar-refractivity contribution is 7.13. The van der Waals surface area contributed by atoms with E-state index in [-0.39, 0.29) is 11.7 Å². The van der Waals surface area contributed by atoms with Gasteiger partial charge in [-0.3, -0.25) is 9.78 Å². The van der Waals surface area contributed by atoms with Gasteiger partial charge in [-0.25, -0.2) is 9.37 Å². The van der Waals surface area contributed by atoms with E-state index in [1.165, 1.54) is 25.0 Å². The van der Waals surface area contributed by atoms with E-state index in [0.29, 0.717) is 19.0 Å². The topological polar surface area (TPSA) is 46.1 Å². The second kappa shape index (κ2) is 9.27. The predicted octanol–water partition coefficient (Wildman–Crippen LogP) is 4.90. The molecule has 0 N–H and O–H groups in total. The molecule has 1 fully saturated rings. The van der Waals surface area contributed by atoms with Crippen LogP contribution in [0.5, 0.6) is 0 Å². The van der Waals surface area contributed by atoms with E-state index in [9.17, 15) is 9.18 Å². The number of amides is 1. The summed E-state index contributed by atoms with van der Waals surface area (Å²) in [5.74, 6) is -0.104. The lowest BCUT2D eigenvalue weighted by atomic mass is 10.1. The van der Waals surface area contributed by atoms with E-state index in [0.717, 1.165) is 41.1 Å². The van der Waals surface area contributed by atoms with Crippen molar-refractivity contribution >= 4 is 17.2 Å². The van der Waals surface area contributed by atoms with Crippen molar-refractivity contribution in [3.63, 3.8) is 0 Å². The second-order valence-corrected chi connectivity index (χ2v) is 8.32. The van der Waals surface area contributed by atoms with Crippen LogP contribution in [-0.4, -0.2) is 33.4 Å². The Labute approximate surface area is 174 Å². The van der Waals surface area contributed by atoms with Gasteiger partial charge in [0.2, 0.25) is 5.91 Å². The summed E-state index contributed by atoms with van der Waals surface area (Å²) in [7, 11) is 0. The number of thiazole rings is 1. The van der Waals surface area contributed by atoms with Crippen molar-refractivity contribution in [2.45, 2.75) is 44.6 Å². The molecule has 29 heavy (non-hydrogen) atoms. The lowest BCUT2D eigenvalue weighted by Gasteiger charge is -2.29. The Bertz CT molecular complexity index is 936. The molecule has 4 rings (SSSR count). The summed E-state index contributed by atoms with van der Waals surface area (Å²) in [4.78, 5) is 24.0. The maximum absolute atomic E-state index is 13.2. The fraction of sp³-hybridized carbons (Fsp3) is 0.348. The molecule has 1 saturated carbocycles. The maximum Gasteiger partial charge on any atom is 0.228 e. The molecule has 1 amide bonds. The number of carbonyl (C=O) groups is 1. The van der Waals surface area contributed by atoms with Crippen LogP contribution in [0.15, 0.2) is 54.2 Å². The summed E-state index contributed by atoms with van der Waals surface area (Å²) in [5.41, 5.74) is 2.83. The minimum absolute atomic E-state index is 0.127. The van der Waals surface area contributed by atoms with Gasteiger partial charge >= 0.3 is 0 Å². The highest BCUT2D eigenvalue weighted by atomic mass is 32.1. The summed E-state index contributed by atoms with van der Waals surface area (Å²) in [6.07, 6.45) is 9.05. The number of hydrogen-bond acceptors (Lipinski definition) is 4. The number of nitrogens with zero attached hydrogens (tertiary/aromatic N) is 3. The first-order valence-corrected chi connectivity index (χ1v) is 11.0. The Morgan fingerprint density at radius 3 is 2.69 bits per heavy atom. The molecule has 0 radical (unpaired) electrons. The number of rotatable bonds is 7. The summed E-state index contributed by atoms with van der Waals surface area (Å²) >= 11 is 1.54. The molecule has 6 heteroatoms. The molecule has 3 aromatic rings. The summed E-state index contributed by atoms with van der Waals surface area (Å²) in [6, 6.07) is 10.7. The van der Waals surface area contributed by atoms with E-state index in [1.54, 1.807) is 35.9 Å². The molecule has 4 nitrogen and oxygen atoms in total. The largest absolute Gasteiger partial charge is 0.339 e. The molecule has 0 bridgehead atoms. The first kappa shape index (κ1) is 19.7. The van der Waals surface area contributed by atoms with E-state index in [4.69, 9.17) is 0 Å². The molecule has 0 unspecified atom stereocenters. The molecule has 1 aliphatic carbocycles. The van der Waals surface area contributed by atoms with Gasteiger partial charge in [0.25, 0.3) is 0 Å². The lowest BCUT2D eigenvalue weighted by Crippen LogP contribution is -2.41. The molecule has 0 spiro atoms. The van der Waals surface area contributed by atoms with Crippen molar-refractivity contribution in [1.82, 2.24) is 14.9 Å². The normalized spacial score (nSPS) is 14.2. The molecule has 1 aromatic carbocycles. The van der Waals surface area contributed by atoms with Crippen LogP contribution in [0.25, 0.3) is 10.6 Å². The number of pyridine rings is 1. The van der Waals surface area contributed by atoms with Gasteiger partial charge in [0.05, 0.1) is 12.1 Å². The summed E-state index contributed by atoms with van der Waals surface area (Å²) in [6.45, 7) is 0.661. The Morgan fingerprint density at radius 2 is 1.97 bits per heavy atom. The van der Waals surface area contributed by atoms with E-state index >= 15 is 0 Å². The molecular weight excluding hydrogens is 385 g/mol. The highest BCUT2D eigenvalue weighted by Gasteiger charge is 2.27. The molecule has 2 aromatic heterocycles.